The van der Waals surface area contributed by atoms with Crippen molar-refractivity contribution in [1.82, 2.24) is 20.2 Å². The van der Waals surface area contributed by atoms with Crippen LogP contribution in [-0.4, -0.2) is 31.3 Å². The fourth-order valence-electron chi connectivity index (χ4n) is 1.80. The van der Waals surface area contributed by atoms with Crippen LogP contribution in [0.15, 0.2) is 0 Å². The van der Waals surface area contributed by atoms with Gasteiger partial charge in [0.05, 0.1) is 0 Å². The molecule has 0 aliphatic heterocycles. The topological polar surface area (TPSA) is 80.9 Å². The Kier molecular flexibility index (Phi) is 3.62. The number of nitrogens with zero attached hydrogens (tertiary/aromatic N) is 4. The van der Waals surface area contributed by atoms with Crippen molar-refractivity contribution < 1.29 is 9.90 Å². The lowest BCUT2D eigenvalue weighted by molar-refractivity contribution is -0.148. The van der Waals surface area contributed by atoms with Crippen molar-refractivity contribution in [2.24, 2.45) is 0 Å². The molecule has 6 nitrogen and oxygen atoms in total. The van der Waals surface area contributed by atoms with Gasteiger partial charge >= 0.3 is 5.97 Å². The number of rotatable bonds is 5. The molecule has 0 aromatic carbocycles. The molecule has 0 spiro atoms. The maximum absolute atomic E-state index is 11.4. The molecule has 0 saturated carbocycles. The van der Waals surface area contributed by atoms with Gasteiger partial charge in [0.2, 0.25) is 0 Å². The number of carboxylic acid groups (broad SMARTS) is 1. The Bertz CT molecular complexity index is 369. The van der Waals surface area contributed by atoms with E-state index in [0.717, 1.165) is 0 Å². The van der Waals surface area contributed by atoms with Crippen molar-refractivity contribution in [2.75, 3.05) is 0 Å². The van der Waals surface area contributed by atoms with E-state index in [2.05, 4.69) is 15.5 Å². The van der Waals surface area contributed by atoms with Gasteiger partial charge in [-0.25, -0.2) is 9.48 Å². The van der Waals surface area contributed by atoms with Crippen molar-refractivity contribution in [3.63, 3.8) is 0 Å². The van der Waals surface area contributed by atoms with Gasteiger partial charge in [-0.15, -0.1) is 5.10 Å². The van der Waals surface area contributed by atoms with E-state index < -0.39 is 11.5 Å². The average Bonchev–Trinajstić information content (AvgIpc) is 2.69. The number of aliphatic carboxylic acids is 1. The van der Waals surface area contributed by atoms with Crippen LogP contribution in [0, 0.1) is 0 Å². The third-order valence-corrected chi connectivity index (χ3v) is 2.98. The minimum Gasteiger partial charge on any atom is -0.479 e. The molecule has 90 valence electrons. The Morgan fingerprint density at radius 1 is 1.44 bits per heavy atom. The highest BCUT2D eigenvalue weighted by molar-refractivity contribution is 5.76. The predicted molar refractivity (Wildman–Crippen MR) is 58.1 cm³/mol. The summed E-state index contributed by atoms with van der Waals surface area (Å²) in [5.41, 5.74) is -1.02. The summed E-state index contributed by atoms with van der Waals surface area (Å²) in [5, 5.41) is 20.7. The molecule has 0 aliphatic carbocycles. The van der Waals surface area contributed by atoms with Gasteiger partial charge in [-0.1, -0.05) is 27.7 Å². The van der Waals surface area contributed by atoms with Crippen LogP contribution in [0.5, 0.6) is 0 Å². The first-order valence-electron chi connectivity index (χ1n) is 5.51. The van der Waals surface area contributed by atoms with Crippen LogP contribution in [0.4, 0.5) is 0 Å². The van der Waals surface area contributed by atoms with Crippen molar-refractivity contribution in [3.05, 3.63) is 5.82 Å². The van der Waals surface area contributed by atoms with Crippen LogP contribution in [-0.2, 0) is 10.3 Å². The van der Waals surface area contributed by atoms with Crippen LogP contribution in [0.25, 0.3) is 0 Å². The van der Waals surface area contributed by atoms with Crippen LogP contribution < -0.4 is 0 Å². The van der Waals surface area contributed by atoms with Gasteiger partial charge in [0.25, 0.3) is 0 Å². The second-order valence-electron chi connectivity index (χ2n) is 4.15. The average molecular weight is 226 g/mol. The maximum Gasteiger partial charge on any atom is 0.331 e. The van der Waals surface area contributed by atoms with Gasteiger partial charge in [0, 0.05) is 5.92 Å². The minimum absolute atomic E-state index is 0.104. The highest BCUT2D eigenvalue weighted by Gasteiger charge is 2.40. The number of tetrazole rings is 1. The molecule has 1 rings (SSSR count). The van der Waals surface area contributed by atoms with E-state index in [1.54, 1.807) is 0 Å². The molecule has 1 N–H and O–H groups in total. The summed E-state index contributed by atoms with van der Waals surface area (Å²) in [6.07, 6.45) is 0.924. The van der Waals surface area contributed by atoms with Crippen LogP contribution in [0.3, 0.4) is 0 Å². The summed E-state index contributed by atoms with van der Waals surface area (Å²) in [5.74, 6) is -0.162. The monoisotopic (exact) mass is 226 g/mol. The molecule has 0 atom stereocenters. The molecule has 0 unspecified atom stereocenters. The zero-order chi connectivity index (χ0) is 12.3. The lowest BCUT2D eigenvalue weighted by Crippen LogP contribution is -2.43. The van der Waals surface area contributed by atoms with Crippen LogP contribution in [0.1, 0.15) is 52.3 Å². The lowest BCUT2D eigenvalue weighted by Gasteiger charge is -2.28. The molecule has 0 amide bonds. The van der Waals surface area contributed by atoms with Crippen LogP contribution in [0.2, 0.25) is 0 Å². The largest absolute Gasteiger partial charge is 0.479 e. The molecule has 1 aromatic heterocycles. The van der Waals surface area contributed by atoms with E-state index in [1.165, 1.54) is 4.68 Å². The number of hydrogen-bond acceptors (Lipinski definition) is 4. The molecule has 0 bridgehead atoms. The molecular formula is C10H18N4O2. The quantitative estimate of drug-likeness (QED) is 0.820. The molecule has 1 heterocycles. The molecule has 0 aliphatic rings. The third kappa shape index (κ3) is 1.79. The molecule has 0 saturated heterocycles. The Morgan fingerprint density at radius 3 is 2.38 bits per heavy atom. The van der Waals surface area contributed by atoms with Gasteiger partial charge in [0.1, 0.15) is 0 Å². The molecule has 0 radical (unpaired) electrons. The summed E-state index contributed by atoms with van der Waals surface area (Å²) in [6.45, 7) is 7.56. The highest BCUT2D eigenvalue weighted by atomic mass is 16.4. The number of carbonyl (C=O) groups is 1. The minimum atomic E-state index is -1.02. The fourth-order valence-corrected chi connectivity index (χ4v) is 1.80. The summed E-state index contributed by atoms with van der Waals surface area (Å²) >= 11 is 0. The molecular weight excluding hydrogens is 208 g/mol. The van der Waals surface area contributed by atoms with E-state index in [-0.39, 0.29) is 5.92 Å². The van der Waals surface area contributed by atoms with Gasteiger partial charge in [0.15, 0.2) is 11.4 Å². The lowest BCUT2D eigenvalue weighted by atomic mass is 9.92. The van der Waals surface area contributed by atoms with Crippen molar-refractivity contribution in [1.29, 1.82) is 0 Å². The summed E-state index contributed by atoms with van der Waals surface area (Å²) in [7, 11) is 0. The zero-order valence-electron chi connectivity index (χ0n) is 10.1. The van der Waals surface area contributed by atoms with E-state index in [1.807, 2.05) is 27.7 Å². The Morgan fingerprint density at radius 2 is 2.00 bits per heavy atom. The predicted octanol–water partition coefficient (Wildman–Crippen LogP) is 1.40. The first-order chi connectivity index (χ1) is 7.49. The smallest absolute Gasteiger partial charge is 0.331 e. The molecule has 0 fully saturated rings. The SMILES string of the molecule is CCC(CC)(C(=O)O)n1nnnc1C(C)C. The van der Waals surface area contributed by atoms with E-state index in [0.29, 0.717) is 18.7 Å². The molecule has 6 heteroatoms. The van der Waals surface area contributed by atoms with E-state index in [4.69, 9.17) is 0 Å². The molecule has 1 aromatic rings. The second kappa shape index (κ2) is 4.59. The first kappa shape index (κ1) is 12.6. The van der Waals surface area contributed by atoms with Crippen LogP contribution >= 0.6 is 0 Å². The van der Waals surface area contributed by atoms with Crippen molar-refractivity contribution in [2.45, 2.75) is 52.0 Å². The first-order valence-corrected chi connectivity index (χ1v) is 5.51. The second-order valence-corrected chi connectivity index (χ2v) is 4.15. The maximum atomic E-state index is 11.4. The molecule has 16 heavy (non-hydrogen) atoms. The van der Waals surface area contributed by atoms with Crippen molar-refractivity contribution >= 4 is 5.97 Å². The zero-order valence-corrected chi connectivity index (χ0v) is 10.1. The van der Waals surface area contributed by atoms with E-state index >= 15 is 0 Å². The van der Waals surface area contributed by atoms with Crippen molar-refractivity contribution in [3.8, 4) is 0 Å². The van der Waals surface area contributed by atoms with Gasteiger partial charge in [-0.3, -0.25) is 0 Å². The number of aromatic nitrogens is 4. The van der Waals surface area contributed by atoms with Gasteiger partial charge in [-0.05, 0) is 23.3 Å². The number of hydrogen-bond donors (Lipinski definition) is 1. The normalized spacial score (nSPS) is 12.1. The fraction of sp³-hybridized carbons (Fsp3) is 0.800. The Hall–Kier alpha value is -1.46. The highest BCUT2D eigenvalue weighted by Crippen LogP contribution is 2.27. The van der Waals surface area contributed by atoms with Gasteiger partial charge < -0.3 is 5.11 Å². The summed E-state index contributed by atoms with van der Waals surface area (Å²) in [4.78, 5) is 11.4. The standard InChI is InChI=1S/C10H18N4O2/c1-5-10(6-2,9(15)16)14-8(7(3)4)11-12-13-14/h7H,5-6H2,1-4H3,(H,15,16). The van der Waals surface area contributed by atoms with Gasteiger partial charge in [-0.2, -0.15) is 0 Å². The Labute approximate surface area is 94.7 Å². The summed E-state index contributed by atoms with van der Waals surface area (Å²) in [6, 6.07) is 0. The summed E-state index contributed by atoms with van der Waals surface area (Å²) < 4.78 is 1.46. The Balaban J connectivity index is 3.31. The third-order valence-electron chi connectivity index (χ3n) is 2.98. The van der Waals surface area contributed by atoms with E-state index in [9.17, 15) is 9.90 Å². The number of carboxylic acids is 1.